The molecule has 2 heteroatoms. The van der Waals surface area contributed by atoms with Crippen LogP contribution in [-0.2, 0) is 5.41 Å². The summed E-state index contributed by atoms with van der Waals surface area (Å²) in [5.41, 5.74) is 3.91. The van der Waals surface area contributed by atoms with Crippen LogP contribution in [0.5, 0.6) is 0 Å². The summed E-state index contributed by atoms with van der Waals surface area (Å²) in [5, 5.41) is 0. The largest absolute Gasteiger partial charge is 0.290 e. The molecule has 1 aromatic rings. The molecular weight excluding hydrogens is 218 g/mol. The molecule has 0 aliphatic carbocycles. The number of nitrogens with zero attached hydrogens (tertiary/aromatic N) is 1. The SMILES string of the molecule is Cc1ccc(C(C)(C)C)cc1C(Cl)N(C)C. The normalized spacial score (nSPS) is 14.2. The first-order chi connectivity index (χ1) is 7.23. The van der Waals surface area contributed by atoms with Crippen molar-refractivity contribution in [2.75, 3.05) is 14.1 Å². The zero-order valence-corrected chi connectivity index (χ0v) is 11.9. The van der Waals surface area contributed by atoms with Crippen LogP contribution < -0.4 is 0 Å². The third-order valence-electron chi connectivity index (χ3n) is 2.86. The molecule has 0 spiro atoms. The Balaban J connectivity index is 3.19. The summed E-state index contributed by atoms with van der Waals surface area (Å²) >= 11 is 6.39. The Bertz CT molecular complexity index is 363. The molecule has 1 unspecified atom stereocenters. The first kappa shape index (κ1) is 13.5. The molecule has 0 aliphatic rings. The van der Waals surface area contributed by atoms with Crippen LogP contribution in [0.15, 0.2) is 18.2 Å². The van der Waals surface area contributed by atoms with Crippen molar-refractivity contribution >= 4 is 11.6 Å². The van der Waals surface area contributed by atoms with Crippen molar-refractivity contribution in [2.45, 2.75) is 38.6 Å². The van der Waals surface area contributed by atoms with E-state index in [4.69, 9.17) is 11.6 Å². The number of rotatable bonds is 2. The van der Waals surface area contributed by atoms with Gasteiger partial charge in [-0.2, -0.15) is 0 Å². The molecule has 1 nitrogen and oxygen atoms in total. The second-order valence-corrected chi connectivity index (χ2v) is 6.03. The van der Waals surface area contributed by atoms with Gasteiger partial charge >= 0.3 is 0 Å². The highest BCUT2D eigenvalue weighted by atomic mass is 35.5. The third kappa shape index (κ3) is 2.99. The molecule has 1 aromatic carbocycles. The molecule has 0 heterocycles. The molecule has 0 aromatic heterocycles. The van der Waals surface area contributed by atoms with E-state index in [-0.39, 0.29) is 10.9 Å². The van der Waals surface area contributed by atoms with Gasteiger partial charge in [0.2, 0.25) is 0 Å². The summed E-state index contributed by atoms with van der Waals surface area (Å²) in [5.74, 6) is 0. The van der Waals surface area contributed by atoms with Crippen molar-refractivity contribution in [1.29, 1.82) is 0 Å². The molecule has 16 heavy (non-hydrogen) atoms. The average Bonchev–Trinajstić information content (AvgIpc) is 2.15. The van der Waals surface area contributed by atoms with Crippen LogP contribution in [0.25, 0.3) is 0 Å². The highest BCUT2D eigenvalue weighted by Crippen LogP contribution is 2.30. The highest BCUT2D eigenvalue weighted by Gasteiger charge is 2.18. The van der Waals surface area contributed by atoms with Gasteiger partial charge in [0.1, 0.15) is 5.50 Å². The monoisotopic (exact) mass is 239 g/mol. The Morgan fingerprint density at radius 2 is 1.75 bits per heavy atom. The van der Waals surface area contributed by atoms with Crippen molar-refractivity contribution < 1.29 is 0 Å². The van der Waals surface area contributed by atoms with Crippen LogP contribution in [-0.4, -0.2) is 19.0 Å². The predicted octanol–water partition coefficient (Wildman–Crippen LogP) is 4.09. The molecule has 0 fully saturated rings. The van der Waals surface area contributed by atoms with Crippen LogP contribution in [0.2, 0.25) is 0 Å². The van der Waals surface area contributed by atoms with E-state index in [2.05, 4.69) is 45.9 Å². The zero-order chi connectivity index (χ0) is 12.5. The van der Waals surface area contributed by atoms with Gasteiger partial charge < -0.3 is 0 Å². The van der Waals surface area contributed by atoms with Crippen LogP contribution in [0, 0.1) is 6.92 Å². The Morgan fingerprint density at radius 3 is 2.19 bits per heavy atom. The molecule has 0 bridgehead atoms. The fraction of sp³-hybridized carbons (Fsp3) is 0.571. The second kappa shape index (κ2) is 4.77. The van der Waals surface area contributed by atoms with Gasteiger partial charge in [0.05, 0.1) is 0 Å². The van der Waals surface area contributed by atoms with E-state index in [9.17, 15) is 0 Å². The van der Waals surface area contributed by atoms with E-state index < -0.39 is 0 Å². The summed E-state index contributed by atoms with van der Waals surface area (Å²) in [6.45, 7) is 8.78. The van der Waals surface area contributed by atoms with Gasteiger partial charge in [0, 0.05) is 0 Å². The number of hydrogen-bond acceptors (Lipinski definition) is 1. The molecule has 1 atom stereocenters. The molecular formula is C14H22ClN. The standard InChI is InChI=1S/C14H22ClN/c1-10-7-8-11(14(2,3)4)9-12(10)13(15)16(5)6/h7-9,13H,1-6H3. The Hall–Kier alpha value is -0.530. The molecule has 90 valence electrons. The minimum absolute atomic E-state index is 0.0534. The molecule has 0 radical (unpaired) electrons. The maximum atomic E-state index is 6.39. The fourth-order valence-corrected chi connectivity index (χ4v) is 1.88. The molecule has 0 N–H and O–H groups in total. The van der Waals surface area contributed by atoms with Gasteiger partial charge in [-0.3, -0.25) is 4.90 Å². The summed E-state index contributed by atoms with van der Waals surface area (Å²) in [6.07, 6.45) is 0. The minimum atomic E-state index is -0.0534. The third-order valence-corrected chi connectivity index (χ3v) is 3.48. The van der Waals surface area contributed by atoms with E-state index in [1.807, 2.05) is 19.0 Å². The van der Waals surface area contributed by atoms with Gasteiger partial charge in [-0.05, 0) is 43.1 Å². The number of hydrogen-bond donors (Lipinski definition) is 0. The molecule has 1 rings (SSSR count). The molecule has 0 saturated heterocycles. The van der Waals surface area contributed by atoms with Gasteiger partial charge in [-0.1, -0.05) is 39.0 Å². The Morgan fingerprint density at radius 1 is 1.19 bits per heavy atom. The summed E-state index contributed by atoms with van der Waals surface area (Å²) < 4.78 is 0. The lowest BCUT2D eigenvalue weighted by Gasteiger charge is -2.24. The Labute approximate surface area is 104 Å². The topological polar surface area (TPSA) is 3.24 Å². The number of alkyl halides is 1. The summed E-state index contributed by atoms with van der Waals surface area (Å²) in [4.78, 5) is 2.02. The quantitative estimate of drug-likeness (QED) is 0.555. The van der Waals surface area contributed by atoms with Crippen LogP contribution in [0.4, 0.5) is 0 Å². The van der Waals surface area contributed by atoms with Crippen molar-refractivity contribution in [3.63, 3.8) is 0 Å². The Kier molecular flexibility index (Phi) is 4.03. The number of benzene rings is 1. The van der Waals surface area contributed by atoms with Crippen molar-refractivity contribution in [3.05, 3.63) is 34.9 Å². The van der Waals surface area contributed by atoms with Crippen molar-refractivity contribution in [1.82, 2.24) is 4.90 Å². The highest BCUT2D eigenvalue weighted by molar-refractivity contribution is 6.20. The molecule has 0 aliphatic heterocycles. The van der Waals surface area contributed by atoms with Gasteiger partial charge in [-0.25, -0.2) is 0 Å². The first-order valence-corrected chi connectivity index (χ1v) is 6.08. The number of aryl methyl sites for hydroxylation is 1. The molecule has 0 saturated carbocycles. The van der Waals surface area contributed by atoms with Crippen molar-refractivity contribution in [2.24, 2.45) is 0 Å². The fourth-order valence-electron chi connectivity index (χ4n) is 1.64. The van der Waals surface area contributed by atoms with Gasteiger partial charge in [0.25, 0.3) is 0 Å². The lowest BCUT2D eigenvalue weighted by atomic mass is 9.85. The van der Waals surface area contributed by atoms with E-state index in [1.165, 1.54) is 16.7 Å². The van der Waals surface area contributed by atoms with Crippen LogP contribution in [0.1, 0.15) is 43.0 Å². The zero-order valence-electron chi connectivity index (χ0n) is 11.1. The van der Waals surface area contributed by atoms with E-state index in [0.29, 0.717) is 0 Å². The lowest BCUT2D eigenvalue weighted by molar-refractivity contribution is 0.383. The van der Waals surface area contributed by atoms with Crippen molar-refractivity contribution in [3.8, 4) is 0 Å². The van der Waals surface area contributed by atoms with Crippen LogP contribution >= 0.6 is 11.6 Å². The van der Waals surface area contributed by atoms with E-state index >= 15 is 0 Å². The first-order valence-electron chi connectivity index (χ1n) is 5.65. The maximum absolute atomic E-state index is 6.39. The van der Waals surface area contributed by atoms with Gasteiger partial charge in [-0.15, -0.1) is 11.6 Å². The molecule has 0 amide bonds. The lowest BCUT2D eigenvalue weighted by Crippen LogP contribution is -2.18. The van der Waals surface area contributed by atoms with E-state index in [0.717, 1.165) is 0 Å². The van der Waals surface area contributed by atoms with E-state index in [1.54, 1.807) is 0 Å². The predicted molar refractivity (Wildman–Crippen MR) is 72.2 cm³/mol. The average molecular weight is 240 g/mol. The number of halogens is 1. The van der Waals surface area contributed by atoms with Crippen LogP contribution in [0.3, 0.4) is 0 Å². The minimum Gasteiger partial charge on any atom is -0.290 e. The smallest absolute Gasteiger partial charge is 0.110 e. The van der Waals surface area contributed by atoms with Gasteiger partial charge in [0.15, 0.2) is 0 Å². The summed E-state index contributed by atoms with van der Waals surface area (Å²) in [7, 11) is 4.00. The maximum Gasteiger partial charge on any atom is 0.110 e. The summed E-state index contributed by atoms with van der Waals surface area (Å²) in [6, 6.07) is 6.58. The second-order valence-electron chi connectivity index (χ2n) is 5.62.